The maximum absolute atomic E-state index is 12.8. The van der Waals surface area contributed by atoms with Crippen LogP contribution in [0.1, 0.15) is 10.4 Å². The molecule has 8 heteroatoms. The molecule has 0 aliphatic rings. The molecule has 140 valence electrons. The molecule has 0 radical (unpaired) electrons. The summed E-state index contributed by atoms with van der Waals surface area (Å²) in [5.74, 6) is -0.724. The van der Waals surface area contributed by atoms with Gasteiger partial charge in [-0.25, -0.2) is 12.7 Å². The van der Waals surface area contributed by atoms with Gasteiger partial charge in [0.25, 0.3) is 5.91 Å². The van der Waals surface area contributed by atoms with Crippen LogP contribution in [0.3, 0.4) is 0 Å². The van der Waals surface area contributed by atoms with Crippen LogP contribution in [0.2, 0.25) is 5.02 Å². The standard InChI is InChI=1S/C19H17ClN2O4S/c1-22(2)27(25,26)13-8-9-16(20)15(11-13)19(24)21-18-14-6-4-3-5-12(14)7-10-17(18)23/h3-11,23H,1-2H3,(H,21,24). The molecule has 0 unspecified atom stereocenters. The number of anilines is 1. The fourth-order valence-corrected chi connectivity index (χ4v) is 3.75. The van der Waals surface area contributed by atoms with Gasteiger partial charge >= 0.3 is 0 Å². The Morgan fingerprint density at radius 1 is 1.07 bits per heavy atom. The summed E-state index contributed by atoms with van der Waals surface area (Å²) in [5.41, 5.74) is 0.224. The number of amides is 1. The molecular formula is C19H17ClN2O4S. The van der Waals surface area contributed by atoms with Gasteiger partial charge in [-0.3, -0.25) is 4.79 Å². The molecule has 0 atom stereocenters. The van der Waals surface area contributed by atoms with E-state index in [0.29, 0.717) is 5.39 Å². The van der Waals surface area contributed by atoms with Gasteiger partial charge in [0.2, 0.25) is 10.0 Å². The average Bonchev–Trinajstić information content (AvgIpc) is 2.64. The Hall–Kier alpha value is -2.61. The van der Waals surface area contributed by atoms with E-state index in [1.54, 1.807) is 18.2 Å². The first-order valence-corrected chi connectivity index (χ1v) is 9.78. The molecule has 6 nitrogen and oxygen atoms in total. The monoisotopic (exact) mass is 404 g/mol. The highest BCUT2D eigenvalue weighted by molar-refractivity contribution is 7.89. The van der Waals surface area contributed by atoms with Crippen molar-refractivity contribution >= 4 is 44.0 Å². The van der Waals surface area contributed by atoms with Gasteiger partial charge < -0.3 is 10.4 Å². The molecule has 0 aromatic heterocycles. The third-order valence-corrected chi connectivity index (χ3v) is 6.25. The molecule has 0 fully saturated rings. The van der Waals surface area contributed by atoms with Gasteiger partial charge in [0, 0.05) is 19.5 Å². The Balaban J connectivity index is 2.05. The zero-order valence-electron chi connectivity index (χ0n) is 14.6. The molecule has 0 saturated heterocycles. The minimum atomic E-state index is -3.72. The number of aromatic hydroxyl groups is 1. The number of hydrogen-bond acceptors (Lipinski definition) is 4. The topological polar surface area (TPSA) is 86.7 Å². The summed E-state index contributed by atoms with van der Waals surface area (Å²) in [6.45, 7) is 0. The highest BCUT2D eigenvalue weighted by Gasteiger charge is 2.21. The van der Waals surface area contributed by atoms with E-state index in [4.69, 9.17) is 11.6 Å². The zero-order chi connectivity index (χ0) is 19.8. The molecule has 0 aliphatic carbocycles. The molecule has 3 aromatic rings. The molecule has 0 bridgehead atoms. The minimum Gasteiger partial charge on any atom is -0.506 e. The Morgan fingerprint density at radius 2 is 1.78 bits per heavy atom. The predicted octanol–water partition coefficient (Wildman–Crippen LogP) is 3.70. The second kappa shape index (κ2) is 7.19. The average molecular weight is 405 g/mol. The van der Waals surface area contributed by atoms with Crippen LogP contribution in [-0.2, 0) is 10.0 Å². The lowest BCUT2D eigenvalue weighted by molar-refractivity contribution is 0.102. The smallest absolute Gasteiger partial charge is 0.257 e. The Morgan fingerprint density at radius 3 is 2.48 bits per heavy atom. The maximum atomic E-state index is 12.8. The van der Waals surface area contributed by atoms with Crippen LogP contribution >= 0.6 is 11.6 Å². The number of benzene rings is 3. The largest absolute Gasteiger partial charge is 0.506 e. The van der Waals surface area contributed by atoms with Crippen molar-refractivity contribution < 1.29 is 18.3 Å². The van der Waals surface area contributed by atoms with Crippen molar-refractivity contribution in [1.82, 2.24) is 4.31 Å². The number of carbonyl (C=O) groups is 1. The van der Waals surface area contributed by atoms with E-state index in [-0.39, 0.29) is 26.9 Å². The summed E-state index contributed by atoms with van der Waals surface area (Å²) >= 11 is 6.11. The molecule has 3 aromatic carbocycles. The first-order chi connectivity index (χ1) is 12.7. The van der Waals surface area contributed by atoms with Gasteiger partial charge in [-0.15, -0.1) is 0 Å². The van der Waals surface area contributed by atoms with E-state index in [1.165, 1.54) is 38.4 Å². The predicted molar refractivity (Wildman–Crippen MR) is 106 cm³/mol. The molecule has 1 amide bonds. The van der Waals surface area contributed by atoms with Crippen molar-refractivity contribution in [2.45, 2.75) is 4.90 Å². The normalized spacial score (nSPS) is 11.7. The van der Waals surface area contributed by atoms with Crippen molar-refractivity contribution in [3.05, 3.63) is 65.2 Å². The van der Waals surface area contributed by atoms with Crippen molar-refractivity contribution in [1.29, 1.82) is 0 Å². The van der Waals surface area contributed by atoms with E-state index >= 15 is 0 Å². The molecule has 0 spiro atoms. The fraction of sp³-hybridized carbons (Fsp3) is 0.105. The van der Waals surface area contributed by atoms with Crippen molar-refractivity contribution in [3.8, 4) is 5.75 Å². The number of phenols is 1. The highest BCUT2D eigenvalue weighted by atomic mass is 35.5. The number of halogens is 1. The summed E-state index contributed by atoms with van der Waals surface area (Å²) in [7, 11) is -0.919. The first kappa shape index (κ1) is 19.2. The Labute approximate surface area is 162 Å². The molecule has 2 N–H and O–H groups in total. The second-order valence-electron chi connectivity index (χ2n) is 6.06. The Kier molecular flexibility index (Phi) is 5.10. The molecule has 3 rings (SSSR count). The lowest BCUT2D eigenvalue weighted by atomic mass is 10.1. The Bertz CT molecular complexity index is 1140. The number of carbonyl (C=O) groups excluding carboxylic acids is 1. The van der Waals surface area contributed by atoms with Gasteiger partial charge in [0.15, 0.2) is 0 Å². The van der Waals surface area contributed by atoms with Gasteiger partial charge in [0.1, 0.15) is 5.75 Å². The number of nitrogens with zero attached hydrogens (tertiary/aromatic N) is 1. The van der Waals surface area contributed by atoms with E-state index < -0.39 is 15.9 Å². The summed E-state index contributed by atoms with van der Waals surface area (Å²) in [5, 5.41) is 14.4. The SMILES string of the molecule is CN(C)S(=O)(=O)c1ccc(Cl)c(C(=O)Nc2c(O)ccc3ccccc23)c1. The van der Waals surface area contributed by atoms with Crippen molar-refractivity contribution in [2.24, 2.45) is 0 Å². The lowest BCUT2D eigenvalue weighted by Crippen LogP contribution is -2.23. The molecule has 27 heavy (non-hydrogen) atoms. The van der Waals surface area contributed by atoms with Gasteiger partial charge in [-0.1, -0.05) is 41.9 Å². The van der Waals surface area contributed by atoms with Gasteiger partial charge in [0.05, 0.1) is 21.2 Å². The summed E-state index contributed by atoms with van der Waals surface area (Å²) in [6, 6.07) is 14.4. The van der Waals surface area contributed by atoms with Crippen molar-refractivity contribution in [2.75, 3.05) is 19.4 Å². The number of phenolic OH excluding ortho intramolecular Hbond substituents is 1. The molecular weight excluding hydrogens is 388 g/mol. The number of fused-ring (bicyclic) bond motifs is 1. The minimum absolute atomic E-state index is 0.00748. The third kappa shape index (κ3) is 3.62. The quantitative estimate of drug-likeness (QED) is 0.649. The first-order valence-electron chi connectivity index (χ1n) is 7.96. The zero-order valence-corrected chi connectivity index (χ0v) is 16.2. The van der Waals surface area contributed by atoms with Crippen LogP contribution in [-0.4, -0.2) is 37.8 Å². The lowest BCUT2D eigenvalue weighted by Gasteiger charge is -2.14. The van der Waals surface area contributed by atoms with Crippen LogP contribution in [0.5, 0.6) is 5.75 Å². The van der Waals surface area contributed by atoms with Crippen LogP contribution in [0.15, 0.2) is 59.5 Å². The van der Waals surface area contributed by atoms with Crippen LogP contribution < -0.4 is 5.32 Å². The maximum Gasteiger partial charge on any atom is 0.257 e. The van der Waals surface area contributed by atoms with Crippen molar-refractivity contribution in [3.63, 3.8) is 0 Å². The van der Waals surface area contributed by atoms with E-state index in [0.717, 1.165) is 9.69 Å². The van der Waals surface area contributed by atoms with E-state index in [2.05, 4.69) is 5.32 Å². The number of hydrogen-bond donors (Lipinski definition) is 2. The van der Waals surface area contributed by atoms with Gasteiger partial charge in [-0.05, 0) is 29.7 Å². The summed E-state index contributed by atoms with van der Waals surface area (Å²) in [6.07, 6.45) is 0. The molecule has 0 heterocycles. The number of rotatable bonds is 4. The summed E-state index contributed by atoms with van der Waals surface area (Å²) in [4.78, 5) is 12.7. The number of sulfonamides is 1. The summed E-state index contributed by atoms with van der Waals surface area (Å²) < 4.78 is 25.7. The molecule has 0 aliphatic heterocycles. The van der Waals surface area contributed by atoms with E-state index in [9.17, 15) is 18.3 Å². The fourth-order valence-electron chi connectivity index (χ4n) is 2.62. The van der Waals surface area contributed by atoms with Crippen LogP contribution in [0, 0.1) is 0 Å². The highest BCUT2D eigenvalue weighted by Crippen LogP contribution is 2.33. The van der Waals surface area contributed by atoms with Gasteiger partial charge in [-0.2, -0.15) is 0 Å². The number of nitrogens with one attached hydrogen (secondary N) is 1. The molecule has 0 saturated carbocycles. The van der Waals surface area contributed by atoms with Crippen LogP contribution in [0.25, 0.3) is 10.8 Å². The third-order valence-electron chi connectivity index (χ3n) is 4.11. The second-order valence-corrected chi connectivity index (χ2v) is 8.62. The van der Waals surface area contributed by atoms with E-state index in [1.807, 2.05) is 12.1 Å². The van der Waals surface area contributed by atoms with Crippen LogP contribution in [0.4, 0.5) is 5.69 Å².